The summed E-state index contributed by atoms with van der Waals surface area (Å²) in [5.41, 5.74) is 1.31. The van der Waals surface area contributed by atoms with Crippen LogP contribution >= 0.6 is 34.5 Å². The van der Waals surface area contributed by atoms with Gasteiger partial charge in [0.1, 0.15) is 0 Å². The largest absolute Gasteiger partial charge is 0.416 e. The van der Waals surface area contributed by atoms with Crippen LogP contribution in [0.5, 0.6) is 0 Å². The van der Waals surface area contributed by atoms with Crippen molar-refractivity contribution in [2.45, 2.75) is 38.9 Å². The second-order valence-corrected chi connectivity index (χ2v) is 12.0. The van der Waals surface area contributed by atoms with Gasteiger partial charge >= 0.3 is 6.18 Å². The van der Waals surface area contributed by atoms with Gasteiger partial charge in [0, 0.05) is 42.7 Å². The van der Waals surface area contributed by atoms with Gasteiger partial charge in [-0.15, -0.1) is 11.3 Å². The number of alkyl halides is 3. The molecule has 1 fully saturated rings. The second kappa shape index (κ2) is 13.4. The Labute approximate surface area is 265 Å². The predicted molar refractivity (Wildman–Crippen MR) is 166 cm³/mol. The minimum Gasteiger partial charge on any atom is -0.352 e. The van der Waals surface area contributed by atoms with E-state index in [1.165, 1.54) is 35.4 Å². The highest BCUT2D eigenvalue weighted by Crippen LogP contribution is 2.35. The smallest absolute Gasteiger partial charge is 0.352 e. The third-order valence-corrected chi connectivity index (χ3v) is 8.48. The fourth-order valence-electron chi connectivity index (χ4n) is 4.77. The van der Waals surface area contributed by atoms with E-state index in [0.29, 0.717) is 55.4 Å². The Bertz CT molecular complexity index is 1740. The van der Waals surface area contributed by atoms with Crippen molar-refractivity contribution in [1.29, 1.82) is 0 Å². The minimum atomic E-state index is -4.42. The molecule has 1 aliphatic heterocycles. The van der Waals surface area contributed by atoms with E-state index >= 15 is 0 Å². The number of thiophene rings is 1. The SMILES string of the molecule is CC(=O)NCc1c(C(=O)N(c2ccc(Cl)cc2Cl)N2CCCCC2)n[nH]c1-c1ccc(C#Cc2ccc(C(F)(F)F)cc2)s1. The van der Waals surface area contributed by atoms with Crippen LogP contribution in [0.1, 0.15) is 58.2 Å². The van der Waals surface area contributed by atoms with Crippen LogP contribution in [-0.4, -0.2) is 40.1 Å². The summed E-state index contributed by atoms with van der Waals surface area (Å²) in [6, 6.07) is 13.1. The first-order valence-electron chi connectivity index (χ1n) is 13.7. The number of amides is 2. The van der Waals surface area contributed by atoms with Crippen molar-refractivity contribution in [3.05, 3.63) is 91.9 Å². The predicted octanol–water partition coefficient (Wildman–Crippen LogP) is 7.55. The van der Waals surface area contributed by atoms with E-state index in [4.69, 9.17) is 23.2 Å². The number of H-pyrrole nitrogens is 1. The van der Waals surface area contributed by atoms with Gasteiger partial charge in [0.25, 0.3) is 5.91 Å². The average molecular weight is 661 g/mol. The molecule has 228 valence electrons. The van der Waals surface area contributed by atoms with E-state index in [1.54, 1.807) is 30.3 Å². The molecule has 4 aromatic rings. The first kappa shape index (κ1) is 31.6. The molecule has 3 heterocycles. The Morgan fingerprint density at radius 1 is 1.05 bits per heavy atom. The van der Waals surface area contributed by atoms with Gasteiger partial charge in [0.2, 0.25) is 5.91 Å². The summed E-state index contributed by atoms with van der Waals surface area (Å²) in [6.07, 6.45) is -1.55. The molecule has 0 aliphatic carbocycles. The second-order valence-electron chi connectivity index (χ2n) is 10.1. The van der Waals surface area contributed by atoms with Gasteiger partial charge in [-0.05, 0) is 67.4 Å². The molecule has 1 aliphatic rings. The number of benzene rings is 2. The van der Waals surface area contributed by atoms with Gasteiger partial charge in [0.15, 0.2) is 5.69 Å². The summed E-state index contributed by atoms with van der Waals surface area (Å²) in [5, 5.41) is 14.4. The average Bonchev–Trinajstić information content (AvgIpc) is 3.63. The molecule has 2 amide bonds. The molecule has 2 N–H and O–H groups in total. The minimum absolute atomic E-state index is 0.0366. The molecule has 13 heteroatoms. The van der Waals surface area contributed by atoms with Gasteiger partial charge in [0.05, 0.1) is 31.7 Å². The molecule has 0 radical (unpaired) electrons. The maximum absolute atomic E-state index is 14.3. The number of piperidine rings is 1. The first-order chi connectivity index (χ1) is 21.0. The highest BCUT2D eigenvalue weighted by atomic mass is 35.5. The molecular weight excluding hydrogens is 634 g/mol. The monoisotopic (exact) mass is 659 g/mol. The number of carbonyl (C=O) groups excluding carboxylic acids is 2. The summed E-state index contributed by atoms with van der Waals surface area (Å²) in [6.45, 7) is 2.72. The lowest BCUT2D eigenvalue weighted by Gasteiger charge is -2.37. The number of halogens is 5. The summed E-state index contributed by atoms with van der Waals surface area (Å²) >= 11 is 14.0. The number of rotatable bonds is 6. The summed E-state index contributed by atoms with van der Waals surface area (Å²) in [4.78, 5) is 27.5. The van der Waals surface area contributed by atoms with Crippen LogP contribution in [-0.2, 0) is 17.5 Å². The number of anilines is 1. The van der Waals surface area contributed by atoms with Crippen molar-refractivity contribution in [2.75, 3.05) is 18.1 Å². The summed E-state index contributed by atoms with van der Waals surface area (Å²) in [7, 11) is 0. The normalized spacial score (nSPS) is 13.7. The van der Waals surface area contributed by atoms with Crippen LogP contribution < -0.4 is 10.3 Å². The molecule has 0 spiro atoms. The zero-order valence-corrected chi connectivity index (χ0v) is 25.7. The van der Waals surface area contributed by atoms with Crippen LogP contribution in [0.3, 0.4) is 0 Å². The van der Waals surface area contributed by atoms with Crippen molar-refractivity contribution in [3.8, 4) is 22.4 Å². The third kappa shape index (κ3) is 7.27. The van der Waals surface area contributed by atoms with Crippen LogP contribution in [0.25, 0.3) is 10.6 Å². The molecule has 0 unspecified atom stereocenters. The van der Waals surface area contributed by atoms with Gasteiger partial charge in [-0.1, -0.05) is 41.5 Å². The lowest BCUT2D eigenvalue weighted by Crippen LogP contribution is -2.49. The molecule has 7 nitrogen and oxygen atoms in total. The molecule has 0 bridgehead atoms. The number of nitrogens with zero attached hydrogens (tertiary/aromatic N) is 3. The topological polar surface area (TPSA) is 81.3 Å². The van der Waals surface area contributed by atoms with Gasteiger partial charge in [-0.3, -0.25) is 14.7 Å². The number of hydrogen-bond acceptors (Lipinski definition) is 5. The van der Waals surface area contributed by atoms with E-state index < -0.39 is 17.6 Å². The molecular formula is C31H26Cl2F3N5O2S. The van der Waals surface area contributed by atoms with Crippen molar-refractivity contribution in [2.24, 2.45) is 0 Å². The van der Waals surface area contributed by atoms with Crippen LogP contribution in [0.4, 0.5) is 18.9 Å². The first-order valence-corrected chi connectivity index (χ1v) is 15.2. The number of aromatic nitrogens is 2. The Morgan fingerprint density at radius 3 is 2.43 bits per heavy atom. The summed E-state index contributed by atoms with van der Waals surface area (Å²) in [5.74, 6) is 5.16. The van der Waals surface area contributed by atoms with Gasteiger partial charge in [-0.25, -0.2) is 10.0 Å². The van der Waals surface area contributed by atoms with Crippen LogP contribution in [0, 0.1) is 11.8 Å². The lowest BCUT2D eigenvalue weighted by atomic mass is 10.1. The Kier molecular flexibility index (Phi) is 9.65. The molecule has 2 aromatic carbocycles. The maximum atomic E-state index is 14.3. The van der Waals surface area contributed by atoms with Crippen molar-refractivity contribution in [1.82, 2.24) is 20.5 Å². The van der Waals surface area contributed by atoms with Gasteiger partial charge in [-0.2, -0.15) is 18.3 Å². The van der Waals surface area contributed by atoms with Gasteiger partial charge < -0.3 is 5.32 Å². The van der Waals surface area contributed by atoms with Crippen LogP contribution in [0.2, 0.25) is 10.0 Å². The molecule has 0 atom stereocenters. The number of carbonyl (C=O) groups is 2. The molecule has 0 saturated carbocycles. The number of nitrogens with one attached hydrogen (secondary N) is 2. The standard InChI is InChI=1S/C31H26Cl2F3N5O2S/c1-19(42)37-18-24-28(27-14-12-23(44-27)11-7-20-5-8-21(9-6-20)31(34,35)36)38-39-29(24)30(43)41(40-15-3-2-4-16-40)26-13-10-22(32)17-25(26)33/h5-6,8-10,12-14,17H,2-4,15-16,18H2,1H3,(H,37,42)(H,38,39). The Hall–Kier alpha value is -3.82. The Morgan fingerprint density at radius 2 is 1.77 bits per heavy atom. The fraction of sp³-hybridized carbons (Fsp3) is 0.258. The van der Waals surface area contributed by atoms with E-state index in [1.807, 2.05) is 5.01 Å². The lowest BCUT2D eigenvalue weighted by molar-refractivity contribution is -0.137. The molecule has 2 aromatic heterocycles. The van der Waals surface area contributed by atoms with Crippen LogP contribution in [0.15, 0.2) is 54.6 Å². The highest BCUT2D eigenvalue weighted by Gasteiger charge is 2.32. The Balaban J connectivity index is 1.48. The zero-order chi connectivity index (χ0) is 31.4. The van der Waals surface area contributed by atoms with E-state index in [0.717, 1.165) is 31.4 Å². The van der Waals surface area contributed by atoms with Crippen molar-refractivity contribution in [3.63, 3.8) is 0 Å². The highest BCUT2D eigenvalue weighted by molar-refractivity contribution is 7.16. The third-order valence-electron chi connectivity index (χ3n) is 6.92. The molecule has 5 rings (SSSR count). The fourth-order valence-corrected chi connectivity index (χ4v) is 6.14. The number of hydrogen-bond donors (Lipinski definition) is 2. The quantitative estimate of drug-likeness (QED) is 0.210. The van der Waals surface area contributed by atoms with Crippen molar-refractivity contribution >= 4 is 52.0 Å². The van der Waals surface area contributed by atoms with E-state index in [-0.39, 0.29) is 18.1 Å². The van der Waals surface area contributed by atoms with E-state index in [9.17, 15) is 22.8 Å². The molecule has 44 heavy (non-hydrogen) atoms. The van der Waals surface area contributed by atoms with E-state index in [2.05, 4.69) is 27.4 Å². The number of hydrazine groups is 1. The maximum Gasteiger partial charge on any atom is 0.416 e. The molecule has 1 saturated heterocycles. The summed E-state index contributed by atoms with van der Waals surface area (Å²) < 4.78 is 38.6. The number of aromatic amines is 1. The van der Waals surface area contributed by atoms with Crippen molar-refractivity contribution < 1.29 is 22.8 Å². The zero-order valence-electron chi connectivity index (χ0n) is 23.4.